The fourth-order valence-corrected chi connectivity index (χ4v) is 1.64. The van der Waals surface area contributed by atoms with Crippen molar-refractivity contribution in [3.8, 4) is 0 Å². The zero-order valence-electron chi connectivity index (χ0n) is 7.48. The number of nitrogens with zero attached hydrogens (tertiary/aromatic N) is 2. The standard InChI is InChI=1S/C8H10N2O2S/c1-3-7(10(11)12)4-8-5-9-6(2)13-8/h4-5H,3H2,1-2H3/b7-4-. The Labute approximate surface area is 80.1 Å². The van der Waals surface area contributed by atoms with Crippen molar-refractivity contribution in [2.75, 3.05) is 0 Å². The van der Waals surface area contributed by atoms with E-state index in [-0.39, 0.29) is 10.6 Å². The van der Waals surface area contributed by atoms with Crippen molar-refractivity contribution in [3.63, 3.8) is 0 Å². The minimum absolute atomic E-state index is 0.226. The summed E-state index contributed by atoms with van der Waals surface area (Å²) in [6, 6.07) is 0. The van der Waals surface area contributed by atoms with E-state index < -0.39 is 0 Å². The number of allylic oxidation sites excluding steroid dienone is 1. The van der Waals surface area contributed by atoms with Crippen LogP contribution in [0, 0.1) is 17.0 Å². The van der Waals surface area contributed by atoms with E-state index in [0.29, 0.717) is 6.42 Å². The third-order valence-electron chi connectivity index (χ3n) is 1.54. The summed E-state index contributed by atoms with van der Waals surface area (Å²) in [5.41, 5.74) is 0.226. The summed E-state index contributed by atoms with van der Waals surface area (Å²) in [6.45, 7) is 3.64. The van der Waals surface area contributed by atoms with Gasteiger partial charge in [0.1, 0.15) is 0 Å². The van der Waals surface area contributed by atoms with Gasteiger partial charge in [-0.25, -0.2) is 4.98 Å². The Morgan fingerprint density at radius 3 is 2.92 bits per heavy atom. The zero-order chi connectivity index (χ0) is 9.84. The molecule has 0 saturated carbocycles. The van der Waals surface area contributed by atoms with Crippen LogP contribution in [-0.4, -0.2) is 9.91 Å². The van der Waals surface area contributed by atoms with Crippen LogP contribution in [0.4, 0.5) is 0 Å². The van der Waals surface area contributed by atoms with Gasteiger partial charge in [-0.1, -0.05) is 6.92 Å². The molecule has 0 amide bonds. The van der Waals surface area contributed by atoms with Gasteiger partial charge in [-0.2, -0.15) is 0 Å². The molecule has 0 aliphatic carbocycles. The van der Waals surface area contributed by atoms with Crippen molar-refractivity contribution in [3.05, 3.63) is 31.9 Å². The number of thiazole rings is 1. The molecule has 0 bridgehead atoms. The third kappa shape index (κ3) is 2.62. The summed E-state index contributed by atoms with van der Waals surface area (Å²) in [7, 11) is 0. The van der Waals surface area contributed by atoms with Crippen LogP contribution in [0.5, 0.6) is 0 Å². The highest BCUT2D eigenvalue weighted by Crippen LogP contribution is 2.16. The van der Waals surface area contributed by atoms with E-state index in [1.165, 1.54) is 11.3 Å². The molecule has 0 saturated heterocycles. The smallest absolute Gasteiger partial charge is 0.247 e. The molecule has 0 unspecified atom stereocenters. The minimum atomic E-state index is -0.352. The number of aromatic nitrogens is 1. The molecule has 0 aromatic carbocycles. The number of rotatable bonds is 3. The number of hydrogen-bond acceptors (Lipinski definition) is 4. The van der Waals surface area contributed by atoms with Crippen LogP contribution in [0.3, 0.4) is 0 Å². The molecule has 1 aromatic heterocycles. The van der Waals surface area contributed by atoms with E-state index in [1.807, 2.05) is 6.92 Å². The van der Waals surface area contributed by atoms with Crippen LogP contribution < -0.4 is 0 Å². The first kappa shape index (κ1) is 9.85. The molecule has 1 aromatic rings. The van der Waals surface area contributed by atoms with Gasteiger partial charge in [0, 0.05) is 18.7 Å². The first-order valence-electron chi connectivity index (χ1n) is 3.91. The maximum absolute atomic E-state index is 10.5. The normalized spacial score (nSPS) is 11.7. The van der Waals surface area contributed by atoms with E-state index >= 15 is 0 Å². The number of aryl methyl sites for hydroxylation is 1. The van der Waals surface area contributed by atoms with Gasteiger partial charge in [0.2, 0.25) is 5.70 Å². The maximum Gasteiger partial charge on any atom is 0.247 e. The first-order chi connectivity index (χ1) is 6.13. The van der Waals surface area contributed by atoms with Crippen LogP contribution in [0.1, 0.15) is 23.2 Å². The molecule has 0 fully saturated rings. The van der Waals surface area contributed by atoms with Gasteiger partial charge in [-0.3, -0.25) is 10.1 Å². The fourth-order valence-electron chi connectivity index (χ4n) is 0.893. The molecule has 1 heterocycles. The second-order valence-electron chi connectivity index (χ2n) is 2.53. The van der Waals surface area contributed by atoms with Crippen LogP contribution in [-0.2, 0) is 0 Å². The van der Waals surface area contributed by atoms with Crippen molar-refractivity contribution in [1.29, 1.82) is 0 Å². The number of nitro groups is 1. The minimum Gasteiger partial charge on any atom is -0.259 e. The van der Waals surface area contributed by atoms with E-state index in [9.17, 15) is 10.1 Å². The molecular weight excluding hydrogens is 188 g/mol. The molecule has 70 valence electrons. The summed E-state index contributed by atoms with van der Waals surface area (Å²) in [4.78, 5) is 15.0. The topological polar surface area (TPSA) is 56.0 Å². The number of hydrogen-bond donors (Lipinski definition) is 0. The molecule has 0 aliphatic heterocycles. The quantitative estimate of drug-likeness (QED) is 0.553. The second kappa shape index (κ2) is 4.13. The first-order valence-corrected chi connectivity index (χ1v) is 4.72. The zero-order valence-corrected chi connectivity index (χ0v) is 8.30. The molecule has 0 aliphatic rings. The lowest BCUT2D eigenvalue weighted by Gasteiger charge is -1.90. The van der Waals surface area contributed by atoms with Gasteiger partial charge in [0.25, 0.3) is 0 Å². The highest BCUT2D eigenvalue weighted by molar-refractivity contribution is 7.12. The van der Waals surface area contributed by atoms with Crippen molar-refractivity contribution in [2.45, 2.75) is 20.3 Å². The summed E-state index contributed by atoms with van der Waals surface area (Å²) in [6.07, 6.45) is 3.66. The molecule has 4 nitrogen and oxygen atoms in total. The Balaban J connectivity index is 2.91. The van der Waals surface area contributed by atoms with Crippen molar-refractivity contribution in [1.82, 2.24) is 4.98 Å². The average molecular weight is 198 g/mol. The molecule has 1 rings (SSSR count). The Kier molecular flexibility index (Phi) is 3.13. The van der Waals surface area contributed by atoms with Gasteiger partial charge < -0.3 is 0 Å². The van der Waals surface area contributed by atoms with Crippen LogP contribution in [0.25, 0.3) is 6.08 Å². The SMILES string of the molecule is CC/C(=C/c1cnc(C)s1)[N+](=O)[O-]. The van der Waals surface area contributed by atoms with Gasteiger partial charge in [0.05, 0.1) is 14.8 Å². The summed E-state index contributed by atoms with van der Waals surface area (Å²) in [5.74, 6) is 0. The highest BCUT2D eigenvalue weighted by Gasteiger charge is 2.07. The van der Waals surface area contributed by atoms with Crippen LogP contribution in [0.15, 0.2) is 11.9 Å². The molecule has 13 heavy (non-hydrogen) atoms. The van der Waals surface area contributed by atoms with Gasteiger partial charge in [-0.05, 0) is 6.92 Å². The molecule has 0 radical (unpaired) electrons. The Morgan fingerprint density at radius 2 is 2.54 bits per heavy atom. The largest absolute Gasteiger partial charge is 0.259 e. The summed E-state index contributed by atoms with van der Waals surface area (Å²) < 4.78 is 0. The second-order valence-corrected chi connectivity index (χ2v) is 3.79. The van der Waals surface area contributed by atoms with Gasteiger partial charge in [0.15, 0.2) is 0 Å². The fraction of sp³-hybridized carbons (Fsp3) is 0.375. The molecule has 5 heteroatoms. The van der Waals surface area contributed by atoms with E-state index in [1.54, 1.807) is 19.2 Å². The maximum atomic E-state index is 10.5. The van der Waals surface area contributed by atoms with E-state index in [0.717, 1.165) is 9.88 Å². The monoisotopic (exact) mass is 198 g/mol. The lowest BCUT2D eigenvalue weighted by molar-refractivity contribution is -0.425. The predicted molar refractivity (Wildman–Crippen MR) is 52.1 cm³/mol. The highest BCUT2D eigenvalue weighted by atomic mass is 32.1. The van der Waals surface area contributed by atoms with E-state index in [4.69, 9.17) is 0 Å². The Bertz CT molecular complexity index is 344. The lowest BCUT2D eigenvalue weighted by Crippen LogP contribution is -1.95. The molecule has 0 N–H and O–H groups in total. The average Bonchev–Trinajstić information content (AvgIpc) is 2.46. The van der Waals surface area contributed by atoms with Gasteiger partial charge >= 0.3 is 0 Å². The van der Waals surface area contributed by atoms with Crippen molar-refractivity contribution < 1.29 is 4.92 Å². The summed E-state index contributed by atoms with van der Waals surface area (Å²) >= 11 is 1.46. The Hall–Kier alpha value is -1.23. The van der Waals surface area contributed by atoms with Crippen molar-refractivity contribution >= 4 is 17.4 Å². The Morgan fingerprint density at radius 1 is 1.85 bits per heavy atom. The van der Waals surface area contributed by atoms with Crippen LogP contribution >= 0.6 is 11.3 Å². The summed E-state index contributed by atoms with van der Waals surface area (Å²) in [5, 5.41) is 11.4. The van der Waals surface area contributed by atoms with Crippen LogP contribution in [0.2, 0.25) is 0 Å². The molecule has 0 atom stereocenters. The van der Waals surface area contributed by atoms with Gasteiger partial charge in [-0.15, -0.1) is 11.3 Å². The molecule has 0 spiro atoms. The third-order valence-corrected chi connectivity index (χ3v) is 2.40. The van der Waals surface area contributed by atoms with Crippen molar-refractivity contribution in [2.24, 2.45) is 0 Å². The lowest BCUT2D eigenvalue weighted by atomic mass is 10.3. The molecular formula is C8H10N2O2S. The predicted octanol–water partition coefficient (Wildman–Crippen LogP) is 2.48. The van der Waals surface area contributed by atoms with E-state index in [2.05, 4.69) is 4.98 Å².